The molecule has 1 saturated heterocycles. The fourth-order valence-corrected chi connectivity index (χ4v) is 4.71. The van der Waals surface area contributed by atoms with Crippen LogP contribution < -0.4 is 10.2 Å². The van der Waals surface area contributed by atoms with Gasteiger partial charge in [-0.05, 0) is 61.7 Å². The second-order valence-corrected chi connectivity index (χ2v) is 8.94. The molecule has 0 aromatic heterocycles. The van der Waals surface area contributed by atoms with Crippen molar-refractivity contribution in [3.05, 3.63) is 59.7 Å². The van der Waals surface area contributed by atoms with Gasteiger partial charge in [-0.2, -0.15) is 4.31 Å². The molecule has 1 aliphatic heterocycles. The Morgan fingerprint density at radius 1 is 1.04 bits per heavy atom. The van der Waals surface area contributed by atoms with E-state index in [1.807, 2.05) is 31.3 Å². The quantitative estimate of drug-likeness (QED) is 0.775. The summed E-state index contributed by atoms with van der Waals surface area (Å²) in [6.45, 7) is 4.50. The Morgan fingerprint density at radius 3 is 2.21 bits per heavy atom. The Labute approximate surface area is 167 Å². The number of sulfonamides is 1. The molecule has 0 unspecified atom stereocenters. The number of carbonyl (C=O) groups is 1. The molecule has 0 bridgehead atoms. The maximum Gasteiger partial charge on any atom is 0.251 e. The third-order valence-electron chi connectivity index (χ3n) is 5.12. The lowest BCUT2D eigenvalue weighted by molar-refractivity contribution is 0.0951. The first-order chi connectivity index (χ1) is 13.4. The number of benzene rings is 2. The zero-order chi connectivity index (χ0) is 20.1. The molecule has 0 spiro atoms. The van der Waals surface area contributed by atoms with Gasteiger partial charge in [0.15, 0.2) is 0 Å². The highest BCUT2D eigenvalue weighted by atomic mass is 32.2. The topological polar surface area (TPSA) is 69.7 Å². The van der Waals surface area contributed by atoms with Crippen LogP contribution >= 0.6 is 0 Å². The first-order valence-electron chi connectivity index (χ1n) is 9.60. The summed E-state index contributed by atoms with van der Waals surface area (Å²) in [6, 6.07) is 14.2. The Kier molecular flexibility index (Phi) is 6.36. The SMILES string of the molecule is CCN(C)c1ccc(C(=O)NCc2ccc(S(=O)(=O)N3CCCC3)cc2)cc1. The minimum Gasteiger partial charge on any atom is -0.375 e. The molecule has 2 aromatic carbocycles. The fourth-order valence-electron chi connectivity index (χ4n) is 3.19. The lowest BCUT2D eigenvalue weighted by Gasteiger charge is -2.17. The third-order valence-corrected chi connectivity index (χ3v) is 7.04. The number of amides is 1. The number of nitrogens with one attached hydrogen (secondary N) is 1. The van der Waals surface area contributed by atoms with Gasteiger partial charge in [0.2, 0.25) is 10.0 Å². The van der Waals surface area contributed by atoms with Crippen molar-refractivity contribution >= 4 is 21.6 Å². The van der Waals surface area contributed by atoms with Crippen molar-refractivity contribution < 1.29 is 13.2 Å². The molecule has 28 heavy (non-hydrogen) atoms. The van der Waals surface area contributed by atoms with Gasteiger partial charge in [-0.15, -0.1) is 0 Å². The van der Waals surface area contributed by atoms with Crippen LogP contribution in [-0.4, -0.2) is 45.3 Å². The van der Waals surface area contributed by atoms with Gasteiger partial charge in [0.05, 0.1) is 4.90 Å². The standard InChI is InChI=1S/C21H27N3O3S/c1-3-23(2)19-10-8-18(9-11-19)21(25)22-16-17-6-12-20(13-7-17)28(26,27)24-14-4-5-15-24/h6-13H,3-5,14-16H2,1-2H3,(H,22,25). The third kappa shape index (κ3) is 4.54. The summed E-state index contributed by atoms with van der Waals surface area (Å²) in [5.41, 5.74) is 2.52. The van der Waals surface area contributed by atoms with Gasteiger partial charge in [-0.25, -0.2) is 8.42 Å². The van der Waals surface area contributed by atoms with Gasteiger partial charge in [0.25, 0.3) is 5.91 Å². The van der Waals surface area contributed by atoms with Crippen molar-refractivity contribution in [3.63, 3.8) is 0 Å². The Morgan fingerprint density at radius 2 is 1.64 bits per heavy atom. The molecule has 1 aliphatic rings. The normalized spacial score (nSPS) is 14.8. The summed E-state index contributed by atoms with van der Waals surface area (Å²) in [6.07, 6.45) is 1.83. The van der Waals surface area contributed by atoms with E-state index >= 15 is 0 Å². The molecule has 0 saturated carbocycles. The lowest BCUT2D eigenvalue weighted by Crippen LogP contribution is -2.28. The van der Waals surface area contributed by atoms with E-state index in [1.54, 1.807) is 24.3 Å². The Bertz CT molecular complexity index is 903. The van der Waals surface area contributed by atoms with Crippen LogP contribution in [0, 0.1) is 0 Å². The summed E-state index contributed by atoms with van der Waals surface area (Å²) >= 11 is 0. The summed E-state index contributed by atoms with van der Waals surface area (Å²) in [7, 11) is -1.40. The smallest absolute Gasteiger partial charge is 0.251 e. The highest BCUT2D eigenvalue weighted by molar-refractivity contribution is 7.89. The minimum atomic E-state index is -3.40. The van der Waals surface area contributed by atoms with Crippen molar-refractivity contribution in [2.75, 3.05) is 31.6 Å². The van der Waals surface area contributed by atoms with E-state index in [0.717, 1.165) is 30.6 Å². The zero-order valence-corrected chi connectivity index (χ0v) is 17.2. The van der Waals surface area contributed by atoms with Crippen LogP contribution in [0.2, 0.25) is 0 Å². The molecular weight excluding hydrogens is 374 g/mol. The van der Waals surface area contributed by atoms with Gasteiger partial charge in [-0.1, -0.05) is 12.1 Å². The molecule has 1 heterocycles. The number of anilines is 1. The molecule has 1 amide bonds. The average molecular weight is 402 g/mol. The second-order valence-electron chi connectivity index (χ2n) is 7.00. The summed E-state index contributed by atoms with van der Waals surface area (Å²) in [5, 5.41) is 2.88. The molecule has 2 aromatic rings. The highest BCUT2D eigenvalue weighted by Crippen LogP contribution is 2.21. The molecule has 0 aliphatic carbocycles. The van der Waals surface area contributed by atoms with Crippen molar-refractivity contribution in [1.29, 1.82) is 0 Å². The fraction of sp³-hybridized carbons (Fsp3) is 0.381. The van der Waals surface area contributed by atoms with Crippen LogP contribution in [0.25, 0.3) is 0 Å². The molecule has 150 valence electrons. The van der Waals surface area contributed by atoms with Crippen LogP contribution in [0.15, 0.2) is 53.4 Å². The molecule has 0 atom stereocenters. The van der Waals surface area contributed by atoms with Crippen molar-refractivity contribution in [2.45, 2.75) is 31.2 Å². The molecular formula is C21H27N3O3S. The van der Waals surface area contributed by atoms with Crippen molar-refractivity contribution in [3.8, 4) is 0 Å². The van der Waals surface area contributed by atoms with E-state index in [-0.39, 0.29) is 5.91 Å². The van der Waals surface area contributed by atoms with Gasteiger partial charge >= 0.3 is 0 Å². The van der Waals surface area contributed by atoms with Gasteiger partial charge in [0.1, 0.15) is 0 Å². The molecule has 1 N–H and O–H groups in total. The van der Waals surface area contributed by atoms with Crippen LogP contribution in [0.3, 0.4) is 0 Å². The molecule has 7 heteroatoms. The van der Waals surface area contributed by atoms with E-state index in [0.29, 0.717) is 30.1 Å². The number of hydrogen-bond donors (Lipinski definition) is 1. The first kappa shape index (κ1) is 20.4. The van der Waals surface area contributed by atoms with E-state index < -0.39 is 10.0 Å². The molecule has 3 rings (SSSR count). The van der Waals surface area contributed by atoms with Crippen LogP contribution in [-0.2, 0) is 16.6 Å². The van der Waals surface area contributed by atoms with Crippen LogP contribution in [0.4, 0.5) is 5.69 Å². The summed E-state index contributed by atoms with van der Waals surface area (Å²) < 4.78 is 26.6. The van der Waals surface area contributed by atoms with Crippen LogP contribution in [0.5, 0.6) is 0 Å². The Hall–Kier alpha value is -2.38. The molecule has 1 fully saturated rings. The van der Waals surface area contributed by atoms with E-state index in [1.165, 1.54) is 4.31 Å². The molecule has 0 radical (unpaired) electrons. The lowest BCUT2D eigenvalue weighted by atomic mass is 10.1. The average Bonchev–Trinajstić information content (AvgIpc) is 3.27. The van der Waals surface area contributed by atoms with Crippen molar-refractivity contribution in [2.24, 2.45) is 0 Å². The van der Waals surface area contributed by atoms with Gasteiger partial charge in [0, 0.05) is 44.5 Å². The Balaban J connectivity index is 1.59. The molecule has 6 nitrogen and oxygen atoms in total. The maximum absolute atomic E-state index is 12.5. The van der Waals surface area contributed by atoms with E-state index in [2.05, 4.69) is 17.1 Å². The van der Waals surface area contributed by atoms with Crippen molar-refractivity contribution in [1.82, 2.24) is 9.62 Å². The predicted octanol–water partition coefficient (Wildman–Crippen LogP) is 2.86. The predicted molar refractivity (Wildman–Crippen MR) is 111 cm³/mol. The number of hydrogen-bond acceptors (Lipinski definition) is 4. The minimum absolute atomic E-state index is 0.153. The van der Waals surface area contributed by atoms with Crippen LogP contribution in [0.1, 0.15) is 35.7 Å². The van der Waals surface area contributed by atoms with E-state index in [4.69, 9.17) is 0 Å². The largest absolute Gasteiger partial charge is 0.375 e. The monoisotopic (exact) mass is 401 g/mol. The number of carbonyl (C=O) groups excluding carboxylic acids is 1. The summed E-state index contributed by atoms with van der Waals surface area (Å²) in [5.74, 6) is -0.153. The number of nitrogens with zero attached hydrogens (tertiary/aromatic N) is 2. The first-order valence-corrected chi connectivity index (χ1v) is 11.0. The maximum atomic E-state index is 12.5. The van der Waals surface area contributed by atoms with E-state index in [9.17, 15) is 13.2 Å². The number of rotatable bonds is 7. The summed E-state index contributed by atoms with van der Waals surface area (Å²) in [4.78, 5) is 14.7. The van der Waals surface area contributed by atoms with Gasteiger partial charge < -0.3 is 10.2 Å². The van der Waals surface area contributed by atoms with Gasteiger partial charge in [-0.3, -0.25) is 4.79 Å². The highest BCUT2D eigenvalue weighted by Gasteiger charge is 2.26. The second kappa shape index (κ2) is 8.75. The zero-order valence-electron chi connectivity index (χ0n) is 16.4.